The summed E-state index contributed by atoms with van der Waals surface area (Å²) >= 11 is 5.19. The zero-order chi connectivity index (χ0) is 17.6. The molecule has 0 unspecified atom stereocenters. The molecule has 0 atom stereocenters. The van der Waals surface area contributed by atoms with Crippen LogP contribution in [0.4, 0.5) is 5.69 Å². The molecule has 1 amide bonds. The van der Waals surface area contributed by atoms with Gasteiger partial charge in [-0.1, -0.05) is 34.1 Å². The van der Waals surface area contributed by atoms with E-state index in [-0.39, 0.29) is 5.91 Å². The van der Waals surface area contributed by atoms with E-state index in [1.165, 1.54) is 4.90 Å². The zero-order valence-corrected chi connectivity index (χ0v) is 16.2. The van der Waals surface area contributed by atoms with Crippen molar-refractivity contribution in [3.8, 4) is 11.3 Å². The molecule has 0 fully saturated rings. The summed E-state index contributed by atoms with van der Waals surface area (Å²) in [5.74, 6) is 0.588. The number of benzene rings is 2. The normalized spacial score (nSPS) is 12.4. The second kappa shape index (κ2) is 6.35. The van der Waals surface area contributed by atoms with Gasteiger partial charge in [-0.15, -0.1) is 11.8 Å². The van der Waals surface area contributed by atoms with Crippen LogP contribution in [-0.2, 0) is 12.8 Å². The van der Waals surface area contributed by atoms with E-state index in [2.05, 4.69) is 38.5 Å². The smallest absolute Gasteiger partial charge is 0.276 e. The highest BCUT2D eigenvalue weighted by atomic mass is 79.9. The van der Waals surface area contributed by atoms with Crippen LogP contribution in [0.3, 0.4) is 0 Å². The number of aryl methyl sites for hydroxylation is 2. The quantitative estimate of drug-likeness (QED) is 0.641. The molecule has 4 rings (SSSR count). The Kier molecular flexibility index (Phi) is 4.17. The van der Waals surface area contributed by atoms with Crippen LogP contribution in [0.15, 0.2) is 51.8 Å². The van der Waals surface area contributed by atoms with E-state index in [0.717, 1.165) is 38.3 Å². The summed E-state index contributed by atoms with van der Waals surface area (Å²) in [5.41, 5.74) is 5.48. The average molecular weight is 414 g/mol. The number of hydrogen-bond donors (Lipinski definition) is 1. The van der Waals surface area contributed by atoms with Gasteiger partial charge >= 0.3 is 0 Å². The summed E-state index contributed by atoms with van der Waals surface area (Å²) in [7, 11) is 1.90. The Bertz CT molecular complexity index is 996. The van der Waals surface area contributed by atoms with Crippen molar-refractivity contribution in [3.63, 3.8) is 0 Å². The van der Waals surface area contributed by atoms with Crippen molar-refractivity contribution >= 4 is 39.3 Å². The van der Waals surface area contributed by atoms with Crippen LogP contribution in [0.25, 0.3) is 11.3 Å². The van der Waals surface area contributed by atoms with Crippen molar-refractivity contribution < 1.29 is 4.79 Å². The van der Waals surface area contributed by atoms with Crippen molar-refractivity contribution in [2.75, 3.05) is 5.32 Å². The number of rotatable bonds is 2. The number of nitrogens with one attached hydrogen (secondary N) is 1. The number of amides is 1. The molecule has 0 aliphatic carbocycles. The first-order chi connectivity index (χ1) is 12.0. The van der Waals surface area contributed by atoms with Gasteiger partial charge in [-0.05, 0) is 36.8 Å². The van der Waals surface area contributed by atoms with Gasteiger partial charge in [0.1, 0.15) is 0 Å². The van der Waals surface area contributed by atoms with Gasteiger partial charge in [0.15, 0.2) is 5.69 Å². The predicted molar refractivity (Wildman–Crippen MR) is 105 cm³/mol. The van der Waals surface area contributed by atoms with Crippen molar-refractivity contribution in [1.82, 2.24) is 9.78 Å². The van der Waals surface area contributed by atoms with E-state index < -0.39 is 0 Å². The first kappa shape index (κ1) is 16.4. The molecule has 3 aromatic rings. The number of fused-ring (bicyclic) bond motifs is 3. The molecule has 0 spiro atoms. The van der Waals surface area contributed by atoms with Gasteiger partial charge in [0.05, 0.1) is 5.69 Å². The lowest BCUT2D eigenvalue weighted by atomic mass is 10.1. The summed E-state index contributed by atoms with van der Waals surface area (Å²) in [4.78, 5) is 14.1. The third kappa shape index (κ3) is 2.89. The van der Waals surface area contributed by atoms with Crippen LogP contribution < -0.4 is 5.32 Å². The Morgan fingerprint density at radius 1 is 1.28 bits per heavy atom. The summed E-state index contributed by atoms with van der Waals surface area (Å²) in [6, 6.07) is 14.1. The summed E-state index contributed by atoms with van der Waals surface area (Å²) < 4.78 is 2.81. The van der Waals surface area contributed by atoms with Crippen LogP contribution in [-0.4, -0.2) is 15.7 Å². The zero-order valence-electron chi connectivity index (χ0n) is 13.8. The first-order valence-corrected chi connectivity index (χ1v) is 9.68. The highest BCUT2D eigenvalue weighted by molar-refractivity contribution is 9.10. The molecule has 2 aromatic carbocycles. The molecular formula is C19H16BrN3OS. The molecule has 25 heavy (non-hydrogen) atoms. The minimum absolute atomic E-state index is 0.165. The monoisotopic (exact) mass is 413 g/mol. The van der Waals surface area contributed by atoms with Gasteiger partial charge in [0.2, 0.25) is 0 Å². The Morgan fingerprint density at radius 2 is 2.08 bits per heavy atom. The fourth-order valence-electron chi connectivity index (χ4n) is 3.11. The molecule has 0 bridgehead atoms. The maximum atomic E-state index is 12.8. The topological polar surface area (TPSA) is 46.9 Å². The van der Waals surface area contributed by atoms with Crippen LogP contribution in [0.2, 0.25) is 0 Å². The van der Waals surface area contributed by atoms with E-state index in [9.17, 15) is 4.79 Å². The lowest BCUT2D eigenvalue weighted by molar-refractivity contribution is 0.102. The van der Waals surface area contributed by atoms with Gasteiger partial charge in [-0.2, -0.15) is 5.10 Å². The summed E-state index contributed by atoms with van der Waals surface area (Å²) in [6.45, 7) is 1.97. The molecule has 0 saturated carbocycles. The lowest BCUT2D eigenvalue weighted by Crippen LogP contribution is -2.15. The van der Waals surface area contributed by atoms with Crippen molar-refractivity contribution in [2.24, 2.45) is 7.05 Å². The Morgan fingerprint density at radius 3 is 2.88 bits per heavy atom. The SMILES string of the molecule is Cc1cc(Br)ccc1NC(=O)c1nn(C)c2c1CSc1ccccc1-2. The number of thioether (sulfide) groups is 1. The van der Waals surface area contributed by atoms with E-state index >= 15 is 0 Å². The van der Waals surface area contributed by atoms with Crippen LogP contribution in [0.5, 0.6) is 0 Å². The molecule has 6 heteroatoms. The average Bonchev–Trinajstić information content (AvgIpc) is 2.95. The Hall–Kier alpha value is -2.05. The molecule has 4 nitrogen and oxygen atoms in total. The third-order valence-electron chi connectivity index (χ3n) is 4.31. The van der Waals surface area contributed by atoms with Gasteiger partial charge in [0, 0.05) is 39.0 Å². The maximum absolute atomic E-state index is 12.8. The Labute approximate surface area is 158 Å². The third-order valence-corrected chi connectivity index (χ3v) is 5.90. The van der Waals surface area contributed by atoms with Crippen LogP contribution in [0.1, 0.15) is 21.6 Å². The van der Waals surface area contributed by atoms with Crippen LogP contribution in [0, 0.1) is 6.92 Å². The van der Waals surface area contributed by atoms with E-state index in [1.54, 1.807) is 11.8 Å². The summed E-state index contributed by atoms with van der Waals surface area (Å²) in [5, 5.41) is 7.51. The molecule has 0 radical (unpaired) electrons. The first-order valence-electron chi connectivity index (χ1n) is 7.90. The van der Waals surface area contributed by atoms with Gasteiger partial charge in [0.25, 0.3) is 5.91 Å². The van der Waals surface area contributed by atoms with Gasteiger partial charge < -0.3 is 5.32 Å². The molecule has 126 valence electrons. The predicted octanol–water partition coefficient (Wildman–Crippen LogP) is 5.02. The highest BCUT2D eigenvalue weighted by Crippen LogP contribution is 2.42. The number of anilines is 1. The fourth-order valence-corrected chi connectivity index (χ4v) is 4.65. The second-order valence-corrected chi connectivity index (χ2v) is 7.93. The molecule has 1 aliphatic rings. The fraction of sp³-hybridized carbons (Fsp3) is 0.158. The van der Waals surface area contributed by atoms with Crippen molar-refractivity contribution in [1.29, 1.82) is 0 Å². The van der Waals surface area contributed by atoms with E-state index in [1.807, 2.05) is 49.0 Å². The molecule has 1 aliphatic heterocycles. The van der Waals surface area contributed by atoms with Gasteiger partial charge in [-0.25, -0.2) is 0 Å². The minimum atomic E-state index is -0.165. The number of halogens is 1. The number of nitrogens with zero attached hydrogens (tertiary/aromatic N) is 2. The minimum Gasteiger partial charge on any atom is -0.320 e. The molecular weight excluding hydrogens is 398 g/mol. The number of carbonyl (C=O) groups excluding carboxylic acids is 1. The van der Waals surface area contributed by atoms with E-state index in [4.69, 9.17) is 0 Å². The van der Waals surface area contributed by atoms with Crippen molar-refractivity contribution in [2.45, 2.75) is 17.6 Å². The maximum Gasteiger partial charge on any atom is 0.276 e. The molecule has 2 heterocycles. The van der Waals surface area contributed by atoms with Crippen LogP contribution >= 0.6 is 27.7 Å². The number of aromatic nitrogens is 2. The number of hydrogen-bond acceptors (Lipinski definition) is 3. The Balaban J connectivity index is 1.72. The van der Waals surface area contributed by atoms with Crippen molar-refractivity contribution in [3.05, 3.63) is 63.8 Å². The highest BCUT2D eigenvalue weighted by Gasteiger charge is 2.27. The molecule has 0 saturated heterocycles. The molecule has 1 aromatic heterocycles. The van der Waals surface area contributed by atoms with E-state index in [0.29, 0.717) is 5.69 Å². The standard InChI is InChI=1S/C19H16BrN3OS/c1-11-9-12(20)7-8-15(11)21-19(24)17-14-10-25-16-6-4-3-5-13(16)18(14)23(2)22-17/h3-9H,10H2,1-2H3,(H,21,24). The van der Waals surface area contributed by atoms with Gasteiger partial charge in [-0.3, -0.25) is 9.48 Å². The lowest BCUT2D eigenvalue weighted by Gasteiger charge is -2.17. The largest absolute Gasteiger partial charge is 0.320 e. The second-order valence-electron chi connectivity index (χ2n) is 6.00. The molecule has 1 N–H and O–H groups in total. The summed E-state index contributed by atoms with van der Waals surface area (Å²) in [6.07, 6.45) is 0. The number of carbonyl (C=O) groups is 1.